The van der Waals surface area contributed by atoms with Gasteiger partial charge < -0.3 is 9.84 Å². The van der Waals surface area contributed by atoms with E-state index in [2.05, 4.69) is 6.58 Å². The molecule has 0 amide bonds. The van der Waals surface area contributed by atoms with Crippen LogP contribution in [0.3, 0.4) is 0 Å². The number of nitriles is 1. The van der Waals surface area contributed by atoms with Crippen molar-refractivity contribution in [3.63, 3.8) is 0 Å². The number of aliphatic carboxylic acids is 1. The number of ether oxygens (including phenoxy) is 1. The zero-order chi connectivity index (χ0) is 8.85. The largest absolute Gasteiger partial charge is 0.478 e. The molecule has 0 fully saturated rings. The molecular formula is C7H9NO3. The van der Waals surface area contributed by atoms with E-state index < -0.39 is 12.1 Å². The summed E-state index contributed by atoms with van der Waals surface area (Å²) in [5.74, 6) is -1.20. The smallest absolute Gasteiger partial charge is 0.334 e. The molecule has 0 heterocycles. The van der Waals surface area contributed by atoms with E-state index in [-0.39, 0.29) is 5.57 Å². The summed E-state index contributed by atoms with van der Waals surface area (Å²) in [6.07, 6.45) is -1.03. The van der Waals surface area contributed by atoms with Crippen molar-refractivity contribution in [1.29, 1.82) is 5.26 Å². The number of hydrogen-bond donors (Lipinski definition) is 1. The van der Waals surface area contributed by atoms with Crippen LogP contribution in [0.5, 0.6) is 0 Å². The Morgan fingerprint density at radius 3 is 2.73 bits per heavy atom. The summed E-state index contributed by atoms with van der Waals surface area (Å²) in [6, 6.07) is 1.68. The maximum atomic E-state index is 10.2. The van der Waals surface area contributed by atoms with Crippen molar-refractivity contribution in [3.8, 4) is 6.07 Å². The first-order valence-corrected chi connectivity index (χ1v) is 3.06. The minimum atomic E-state index is -1.20. The Labute approximate surface area is 64.7 Å². The second-order valence-electron chi connectivity index (χ2n) is 1.79. The van der Waals surface area contributed by atoms with Gasteiger partial charge in [0.1, 0.15) is 0 Å². The minimum Gasteiger partial charge on any atom is -0.478 e. The second kappa shape index (κ2) is 4.47. The fraction of sp³-hybridized carbons (Fsp3) is 0.429. The fourth-order valence-electron chi connectivity index (χ4n) is 0.495. The highest BCUT2D eigenvalue weighted by molar-refractivity contribution is 5.87. The van der Waals surface area contributed by atoms with Gasteiger partial charge in [0.15, 0.2) is 6.10 Å². The van der Waals surface area contributed by atoms with Gasteiger partial charge >= 0.3 is 5.97 Å². The lowest BCUT2D eigenvalue weighted by atomic mass is 10.2. The van der Waals surface area contributed by atoms with Crippen LogP contribution in [0.25, 0.3) is 0 Å². The topological polar surface area (TPSA) is 70.3 Å². The van der Waals surface area contributed by atoms with Crippen molar-refractivity contribution < 1.29 is 14.6 Å². The number of carbonyl (C=O) groups is 1. The number of carboxylic acids is 1. The first-order valence-electron chi connectivity index (χ1n) is 3.06. The molecule has 60 valence electrons. The van der Waals surface area contributed by atoms with E-state index in [0.717, 1.165) is 0 Å². The Morgan fingerprint density at radius 1 is 1.91 bits per heavy atom. The zero-order valence-electron chi connectivity index (χ0n) is 6.20. The van der Waals surface area contributed by atoms with Gasteiger partial charge in [0, 0.05) is 6.61 Å². The van der Waals surface area contributed by atoms with Crippen LogP contribution in [0.15, 0.2) is 12.2 Å². The Hall–Kier alpha value is -1.34. The average molecular weight is 155 g/mol. The van der Waals surface area contributed by atoms with Crippen LogP contribution in [0.4, 0.5) is 0 Å². The quantitative estimate of drug-likeness (QED) is 0.602. The Balaban J connectivity index is 4.17. The van der Waals surface area contributed by atoms with Gasteiger partial charge in [0.05, 0.1) is 11.6 Å². The third kappa shape index (κ3) is 2.83. The van der Waals surface area contributed by atoms with Gasteiger partial charge in [-0.1, -0.05) is 6.58 Å². The van der Waals surface area contributed by atoms with E-state index in [1.807, 2.05) is 0 Å². The lowest BCUT2D eigenvalue weighted by Gasteiger charge is -2.07. The Kier molecular flexibility index (Phi) is 3.93. The number of carboxylic acid groups (broad SMARTS) is 1. The van der Waals surface area contributed by atoms with Gasteiger partial charge in [-0.2, -0.15) is 5.26 Å². The lowest BCUT2D eigenvalue weighted by molar-refractivity contribution is -0.133. The number of rotatable bonds is 4. The third-order valence-electron chi connectivity index (χ3n) is 1.04. The number of nitrogens with zero attached hydrogens (tertiary/aromatic N) is 1. The highest BCUT2D eigenvalue weighted by Crippen LogP contribution is 2.02. The van der Waals surface area contributed by atoms with E-state index in [0.29, 0.717) is 6.61 Å². The van der Waals surface area contributed by atoms with E-state index in [1.54, 1.807) is 13.0 Å². The highest BCUT2D eigenvalue weighted by atomic mass is 16.5. The minimum absolute atomic E-state index is 0.227. The lowest BCUT2D eigenvalue weighted by Crippen LogP contribution is -2.18. The predicted octanol–water partition coefficient (Wildman–Crippen LogP) is 0.556. The average Bonchev–Trinajstić information content (AvgIpc) is 1.98. The van der Waals surface area contributed by atoms with E-state index >= 15 is 0 Å². The molecule has 1 atom stereocenters. The van der Waals surface area contributed by atoms with Crippen LogP contribution in [-0.2, 0) is 9.53 Å². The Morgan fingerprint density at radius 2 is 2.45 bits per heavy atom. The van der Waals surface area contributed by atoms with Crippen LogP contribution >= 0.6 is 0 Å². The molecular weight excluding hydrogens is 146 g/mol. The van der Waals surface area contributed by atoms with Crippen molar-refractivity contribution in [2.24, 2.45) is 0 Å². The summed E-state index contributed by atoms with van der Waals surface area (Å²) in [6.45, 7) is 5.17. The summed E-state index contributed by atoms with van der Waals surface area (Å²) < 4.78 is 4.77. The molecule has 1 N–H and O–H groups in total. The van der Waals surface area contributed by atoms with E-state index in [1.165, 1.54) is 0 Å². The molecule has 4 heteroatoms. The van der Waals surface area contributed by atoms with Crippen molar-refractivity contribution in [3.05, 3.63) is 12.2 Å². The second-order valence-corrected chi connectivity index (χ2v) is 1.79. The molecule has 0 aliphatic carbocycles. The maximum Gasteiger partial charge on any atom is 0.334 e. The van der Waals surface area contributed by atoms with Crippen LogP contribution in [0.1, 0.15) is 6.92 Å². The van der Waals surface area contributed by atoms with Crippen molar-refractivity contribution >= 4 is 5.97 Å². The van der Waals surface area contributed by atoms with Gasteiger partial charge in [-0.05, 0) is 6.92 Å². The van der Waals surface area contributed by atoms with E-state index in [4.69, 9.17) is 15.1 Å². The van der Waals surface area contributed by atoms with Crippen molar-refractivity contribution in [2.45, 2.75) is 13.0 Å². The summed E-state index contributed by atoms with van der Waals surface area (Å²) in [7, 11) is 0. The molecule has 0 spiro atoms. The molecule has 0 bridgehead atoms. The monoisotopic (exact) mass is 155 g/mol. The SMILES string of the molecule is C=C(C(=O)O)C(C#N)OCC. The first-order chi connectivity index (χ1) is 5.13. The first kappa shape index (κ1) is 9.66. The molecule has 1 unspecified atom stereocenters. The molecule has 0 aliphatic rings. The zero-order valence-corrected chi connectivity index (χ0v) is 6.20. The van der Waals surface area contributed by atoms with Crippen LogP contribution in [0, 0.1) is 11.3 Å². The molecule has 11 heavy (non-hydrogen) atoms. The summed E-state index contributed by atoms with van der Waals surface area (Å²) in [5.41, 5.74) is -0.227. The summed E-state index contributed by atoms with van der Waals surface area (Å²) in [5, 5.41) is 16.8. The van der Waals surface area contributed by atoms with Gasteiger partial charge in [-0.3, -0.25) is 0 Å². The van der Waals surface area contributed by atoms with Gasteiger partial charge in [-0.15, -0.1) is 0 Å². The molecule has 0 saturated heterocycles. The maximum absolute atomic E-state index is 10.2. The number of hydrogen-bond acceptors (Lipinski definition) is 3. The third-order valence-corrected chi connectivity index (χ3v) is 1.04. The van der Waals surface area contributed by atoms with Crippen LogP contribution < -0.4 is 0 Å². The molecule has 0 saturated carbocycles. The van der Waals surface area contributed by atoms with Crippen LogP contribution in [-0.4, -0.2) is 23.8 Å². The predicted molar refractivity (Wildman–Crippen MR) is 37.8 cm³/mol. The Bertz CT molecular complexity index is 204. The fourth-order valence-corrected chi connectivity index (χ4v) is 0.495. The van der Waals surface area contributed by atoms with Crippen molar-refractivity contribution in [1.82, 2.24) is 0 Å². The molecule has 0 aromatic rings. The van der Waals surface area contributed by atoms with Crippen LogP contribution in [0.2, 0.25) is 0 Å². The summed E-state index contributed by atoms with van der Waals surface area (Å²) in [4.78, 5) is 10.2. The normalized spacial score (nSPS) is 11.6. The van der Waals surface area contributed by atoms with Gasteiger partial charge in [-0.25, -0.2) is 4.79 Å². The molecule has 4 nitrogen and oxygen atoms in total. The molecule has 0 aromatic carbocycles. The van der Waals surface area contributed by atoms with Crippen molar-refractivity contribution in [2.75, 3.05) is 6.61 Å². The molecule has 0 aromatic heterocycles. The standard InChI is InChI=1S/C7H9NO3/c1-3-11-6(4-8)5(2)7(9)10/h6H,2-3H2,1H3,(H,9,10). The molecule has 0 aliphatic heterocycles. The van der Waals surface area contributed by atoms with Gasteiger partial charge in [0.2, 0.25) is 0 Å². The molecule has 0 rings (SSSR count). The van der Waals surface area contributed by atoms with Gasteiger partial charge in [0.25, 0.3) is 0 Å². The van der Waals surface area contributed by atoms with E-state index in [9.17, 15) is 4.79 Å². The highest BCUT2D eigenvalue weighted by Gasteiger charge is 2.17. The summed E-state index contributed by atoms with van der Waals surface area (Å²) >= 11 is 0. The molecule has 0 radical (unpaired) electrons.